The molecule has 2 rings (SSSR count). The molecule has 1 amide bonds. The molecule has 16 heavy (non-hydrogen) atoms. The molecule has 4 nitrogen and oxygen atoms in total. The molecule has 0 N–H and O–H groups in total. The quantitative estimate of drug-likeness (QED) is 0.769. The van der Waals surface area contributed by atoms with E-state index in [4.69, 9.17) is 0 Å². The summed E-state index contributed by atoms with van der Waals surface area (Å²) in [6.07, 6.45) is 8.34. The summed E-state index contributed by atoms with van der Waals surface area (Å²) in [5, 5.41) is 0. The Bertz CT molecular complexity index is 354. The SMILES string of the molecule is CCC1(CC)CCN(C(=O)n2ccnc2)C1. The lowest BCUT2D eigenvalue weighted by molar-refractivity contribution is 0.198. The van der Waals surface area contributed by atoms with Crippen molar-refractivity contribution in [2.24, 2.45) is 5.41 Å². The molecular formula is C12H19N3O. The van der Waals surface area contributed by atoms with Gasteiger partial charge in [-0.1, -0.05) is 13.8 Å². The van der Waals surface area contributed by atoms with Gasteiger partial charge in [0.05, 0.1) is 0 Å². The average Bonchev–Trinajstić information content (AvgIpc) is 2.98. The van der Waals surface area contributed by atoms with Crippen molar-refractivity contribution in [1.82, 2.24) is 14.5 Å². The molecule has 0 atom stereocenters. The van der Waals surface area contributed by atoms with Gasteiger partial charge in [0, 0.05) is 25.5 Å². The van der Waals surface area contributed by atoms with Crippen molar-refractivity contribution in [3.63, 3.8) is 0 Å². The van der Waals surface area contributed by atoms with Gasteiger partial charge in [-0.2, -0.15) is 0 Å². The number of rotatable bonds is 2. The van der Waals surface area contributed by atoms with Crippen molar-refractivity contribution < 1.29 is 4.79 Å². The molecule has 2 heterocycles. The molecule has 4 heteroatoms. The third-order valence-electron chi connectivity index (χ3n) is 3.93. The Morgan fingerprint density at radius 2 is 2.19 bits per heavy atom. The lowest BCUT2D eigenvalue weighted by Crippen LogP contribution is -2.34. The summed E-state index contributed by atoms with van der Waals surface area (Å²) in [5.41, 5.74) is 0.343. The maximum atomic E-state index is 12.1. The molecule has 1 aliphatic rings. The monoisotopic (exact) mass is 221 g/mol. The van der Waals surface area contributed by atoms with Crippen LogP contribution in [0.1, 0.15) is 33.1 Å². The molecule has 88 valence electrons. The van der Waals surface area contributed by atoms with Gasteiger partial charge < -0.3 is 4.90 Å². The predicted molar refractivity (Wildman–Crippen MR) is 62.2 cm³/mol. The Kier molecular flexibility index (Phi) is 2.99. The van der Waals surface area contributed by atoms with E-state index in [0.29, 0.717) is 5.41 Å². The first kappa shape index (κ1) is 11.2. The van der Waals surface area contributed by atoms with E-state index in [1.165, 1.54) is 0 Å². The van der Waals surface area contributed by atoms with Crippen LogP contribution in [0.2, 0.25) is 0 Å². The standard InChI is InChI=1S/C12H19N3O/c1-3-12(4-2)5-7-14(9-12)11(16)15-8-6-13-10-15/h6,8,10H,3-5,7,9H2,1-2H3. The summed E-state index contributed by atoms with van der Waals surface area (Å²) in [6.45, 7) is 6.19. The average molecular weight is 221 g/mol. The normalized spacial score (nSPS) is 19.0. The molecule has 1 aromatic heterocycles. The van der Waals surface area contributed by atoms with Crippen LogP contribution in [0.15, 0.2) is 18.7 Å². The van der Waals surface area contributed by atoms with Gasteiger partial charge in [-0.25, -0.2) is 9.78 Å². The van der Waals surface area contributed by atoms with Gasteiger partial charge in [0.2, 0.25) is 0 Å². The van der Waals surface area contributed by atoms with Crippen LogP contribution >= 0.6 is 0 Å². The fourth-order valence-corrected chi connectivity index (χ4v) is 2.46. The smallest absolute Gasteiger partial charge is 0.323 e. The zero-order valence-corrected chi connectivity index (χ0v) is 10.0. The van der Waals surface area contributed by atoms with E-state index in [0.717, 1.165) is 32.4 Å². The van der Waals surface area contributed by atoms with Crippen molar-refractivity contribution >= 4 is 6.03 Å². The topological polar surface area (TPSA) is 38.1 Å². The number of aromatic nitrogens is 2. The van der Waals surface area contributed by atoms with Crippen molar-refractivity contribution in [2.45, 2.75) is 33.1 Å². The molecule has 1 fully saturated rings. The third-order valence-corrected chi connectivity index (χ3v) is 3.93. The van der Waals surface area contributed by atoms with Crippen LogP contribution in [0.4, 0.5) is 4.79 Å². The van der Waals surface area contributed by atoms with E-state index in [1.54, 1.807) is 23.3 Å². The van der Waals surface area contributed by atoms with Gasteiger partial charge in [0.15, 0.2) is 0 Å². The van der Waals surface area contributed by atoms with Crippen LogP contribution in [-0.4, -0.2) is 33.6 Å². The van der Waals surface area contributed by atoms with Crippen molar-refractivity contribution in [3.05, 3.63) is 18.7 Å². The zero-order chi connectivity index (χ0) is 11.6. The Labute approximate surface area is 96.3 Å². The number of hydrogen-bond acceptors (Lipinski definition) is 2. The van der Waals surface area contributed by atoms with E-state index in [2.05, 4.69) is 18.8 Å². The number of likely N-dealkylation sites (tertiary alicyclic amines) is 1. The summed E-state index contributed by atoms with van der Waals surface area (Å²) < 4.78 is 1.56. The van der Waals surface area contributed by atoms with Gasteiger partial charge >= 0.3 is 6.03 Å². The molecule has 0 aliphatic carbocycles. The summed E-state index contributed by atoms with van der Waals surface area (Å²) >= 11 is 0. The maximum Gasteiger partial charge on any atom is 0.329 e. The molecule has 0 unspecified atom stereocenters. The molecule has 0 aromatic carbocycles. The Morgan fingerprint density at radius 1 is 1.44 bits per heavy atom. The van der Waals surface area contributed by atoms with Crippen LogP contribution in [0.25, 0.3) is 0 Å². The van der Waals surface area contributed by atoms with Gasteiger partial charge in [-0.15, -0.1) is 0 Å². The van der Waals surface area contributed by atoms with Crippen molar-refractivity contribution in [2.75, 3.05) is 13.1 Å². The summed E-state index contributed by atoms with van der Waals surface area (Å²) in [5.74, 6) is 0. The Hall–Kier alpha value is -1.32. The first-order chi connectivity index (χ1) is 7.71. The van der Waals surface area contributed by atoms with E-state index < -0.39 is 0 Å². The highest BCUT2D eigenvalue weighted by Crippen LogP contribution is 2.37. The Morgan fingerprint density at radius 3 is 2.69 bits per heavy atom. The number of carbonyl (C=O) groups excluding carboxylic acids is 1. The molecule has 0 radical (unpaired) electrons. The molecule has 0 spiro atoms. The maximum absolute atomic E-state index is 12.1. The fraction of sp³-hybridized carbons (Fsp3) is 0.667. The van der Waals surface area contributed by atoms with Crippen LogP contribution in [0.3, 0.4) is 0 Å². The molecule has 1 aliphatic heterocycles. The highest BCUT2D eigenvalue weighted by Gasteiger charge is 2.37. The lowest BCUT2D eigenvalue weighted by Gasteiger charge is -2.26. The van der Waals surface area contributed by atoms with Crippen LogP contribution in [-0.2, 0) is 0 Å². The fourth-order valence-electron chi connectivity index (χ4n) is 2.46. The first-order valence-electron chi connectivity index (χ1n) is 5.98. The number of amides is 1. The van der Waals surface area contributed by atoms with Crippen LogP contribution < -0.4 is 0 Å². The zero-order valence-electron chi connectivity index (χ0n) is 10.0. The molecule has 1 aromatic rings. The van der Waals surface area contributed by atoms with Gasteiger partial charge in [0.1, 0.15) is 6.33 Å². The second kappa shape index (κ2) is 4.28. The van der Waals surface area contributed by atoms with E-state index in [-0.39, 0.29) is 6.03 Å². The van der Waals surface area contributed by atoms with E-state index in [9.17, 15) is 4.79 Å². The van der Waals surface area contributed by atoms with Crippen LogP contribution in [0.5, 0.6) is 0 Å². The molecule has 0 saturated carbocycles. The van der Waals surface area contributed by atoms with Crippen molar-refractivity contribution in [1.29, 1.82) is 0 Å². The number of hydrogen-bond donors (Lipinski definition) is 0. The number of imidazole rings is 1. The minimum atomic E-state index is 0.0567. The van der Waals surface area contributed by atoms with E-state index >= 15 is 0 Å². The number of nitrogens with zero attached hydrogens (tertiary/aromatic N) is 3. The minimum absolute atomic E-state index is 0.0567. The van der Waals surface area contributed by atoms with Gasteiger partial charge in [-0.05, 0) is 24.7 Å². The highest BCUT2D eigenvalue weighted by atomic mass is 16.2. The lowest BCUT2D eigenvalue weighted by atomic mass is 9.82. The van der Waals surface area contributed by atoms with Crippen molar-refractivity contribution in [3.8, 4) is 0 Å². The molecule has 0 bridgehead atoms. The predicted octanol–water partition coefficient (Wildman–Crippen LogP) is 2.36. The molecular weight excluding hydrogens is 202 g/mol. The first-order valence-corrected chi connectivity index (χ1v) is 5.98. The molecule has 1 saturated heterocycles. The third kappa shape index (κ3) is 1.84. The Balaban J connectivity index is 2.06. The van der Waals surface area contributed by atoms with Gasteiger partial charge in [-0.3, -0.25) is 4.57 Å². The second-order valence-corrected chi connectivity index (χ2v) is 4.63. The summed E-state index contributed by atoms with van der Waals surface area (Å²) in [6, 6.07) is 0.0567. The summed E-state index contributed by atoms with van der Waals surface area (Å²) in [4.78, 5) is 17.9. The van der Waals surface area contributed by atoms with Crippen LogP contribution in [0, 0.1) is 5.41 Å². The minimum Gasteiger partial charge on any atom is -0.323 e. The largest absolute Gasteiger partial charge is 0.329 e. The van der Waals surface area contributed by atoms with Gasteiger partial charge in [0.25, 0.3) is 0 Å². The highest BCUT2D eigenvalue weighted by molar-refractivity contribution is 5.77. The van der Waals surface area contributed by atoms with E-state index in [1.807, 2.05) is 4.90 Å². The number of carbonyl (C=O) groups is 1. The second-order valence-electron chi connectivity index (χ2n) is 4.63. The summed E-state index contributed by atoms with van der Waals surface area (Å²) in [7, 11) is 0.